The van der Waals surface area contributed by atoms with Gasteiger partial charge in [0, 0.05) is 23.0 Å². The smallest absolute Gasteiger partial charge is 0.123 e. The number of hydrogen-bond acceptors (Lipinski definition) is 4. The molecule has 0 heterocycles. The number of nitrogens with one attached hydrogen (secondary N) is 1. The Morgan fingerprint density at radius 3 is 2.47 bits per heavy atom. The van der Waals surface area contributed by atoms with Gasteiger partial charge < -0.3 is 20.6 Å². The highest BCUT2D eigenvalue weighted by Gasteiger charge is 2.06. The van der Waals surface area contributed by atoms with E-state index in [0.29, 0.717) is 0 Å². The lowest BCUT2D eigenvalue weighted by atomic mass is 10.1. The second kappa shape index (κ2) is 5.03. The molecule has 0 aliphatic rings. The van der Waals surface area contributed by atoms with Crippen LogP contribution in [0.1, 0.15) is 0 Å². The van der Waals surface area contributed by atoms with E-state index in [1.807, 2.05) is 24.3 Å². The molecule has 90 valence electrons. The lowest BCUT2D eigenvalue weighted by molar-refractivity contribution is 0.105. The van der Waals surface area contributed by atoms with Crippen LogP contribution in [0.2, 0.25) is 0 Å². The van der Waals surface area contributed by atoms with Gasteiger partial charge in [0.1, 0.15) is 5.75 Å². The molecular formula is C13H15NO3. The van der Waals surface area contributed by atoms with Gasteiger partial charge in [0.25, 0.3) is 0 Å². The SMILES string of the molecule is OCC(O)CNc1ccc(O)c2ccccc12. The third kappa shape index (κ3) is 2.49. The molecule has 0 radical (unpaired) electrons. The highest BCUT2D eigenvalue weighted by Crippen LogP contribution is 2.30. The van der Waals surface area contributed by atoms with Crippen LogP contribution in [-0.2, 0) is 0 Å². The van der Waals surface area contributed by atoms with Crippen molar-refractivity contribution in [2.24, 2.45) is 0 Å². The molecular weight excluding hydrogens is 218 g/mol. The van der Waals surface area contributed by atoms with Crippen molar-refractivity contribution in [2.75, 3.05) is 18.5 Å². The standard InChI is InChI=1S/C13H15NO3/c15-8-9(16)7-14-12-5-6-13(17)11-4-2-1-3-10(11)12/h1-6,9,14-17H,7-8H2. The predicted molar refractivity (Wildman–Crippen MR) is 67.2 cm³/mol. The van der Waals surface area contributed by atoms with Crippen LogP contribution in [0.3, 0.4) is 0 Å². The van der Waals surface area contributed by atoms with Crippen LogP contribution >= 0.6 is 0 Å². The molecule has 0 aliphatic carbocycles. The van der Waals surface area contributed by atoms with Crippen LogP contribution in [0.4, 0.5) is 5.69 Å². The summed E-state index contributed by atoms with van der Waals surface area (Å²) >= 11 is 0. The zero-order valence-corrected chi connectivity index (χ0v) is 9.30. The Labute approximate surface area is 99.1 Å². The Hall–Kier alpha value is -1.78. The van der Waals surface area contributed by atoms with E-state index >= 15 is 0 Å². The number of phenolic OH excluding ortho intramolecular Hbond substituents is 1. The van der Waals surface area contributed by atoms with Crippen molar-refractivity contribution in [2.45, 2.75) is 6.10 Å². The number of fused-ring (bicyclic) bond motifs is 1. The summed E-state index contributed by atoms with van der Waals surface area (Å²) in [6.07, 6.45) is -0.789. The van der Waals surface area contributed by atoms with Gasteiger partial charge in [0.15, 0.2) is 0 Å². The van der Waals surface area contributed by atoms with Crippen molar-refractivity contribution < 1.29 is 15.3 Å². The molecule has 4 heteroatoms. The summed E-state index contributed by atoms with van der Waals surface area (Å²) in [5.41, 5.74) is 0.825. The van der Waals surface area contributed by atoms with E-state index in [1.54, 1.807) is 12.1 Å². The highest BCUT2D eigenvalue weighted by atomic mass is 16.3. The first-order chi connectivity index (χ1) is 8.22. The Morgan fingerprint density at radius 2 is 1.76 bits per heavy atom. The van der Waals surface area contributed by atoms with E-state index in [0.717, 1.165) is 16.5 Å². The first-order valence-corrected chi connectivity index (χ1v) is 5.46. The largest absolute Gasteiger partial charge is 0.507 e. The van der Waals surface area contributed by atoms with Crippen molar-refractivity contribution in [1.29, 1.82) is 0 Å². The molecule has 2 rings (SSSR count). The highest BCUT2D eigenvalue weighted by molar-refractivity contribution is 5.97. The normalized spacial score (nSPS) is 12.6. The van der Waals surface area contributed by atoms with Crippen LogP contribution < -0.4 is 5.32 Å². The molecule has 0 fully saturated rings. The van der Waals surface area contributed by atoms with Gasteiger partial charge in [-0.3, -0.25) is 0 Å². The minimum atomic E-state index is -0.789. The van der Waals surface area contributed by atoms with Gasteiger partial charge in [-0.25, -0.2) is 0 Å². The fourth-order valence-corrected chi connectivity index (χ4v) is 1.73. The first-order valence-electron chi connectivity index (χ1n) is 5.46. The molecule has 17 heavy (non-hydrogen) atoms. The molecule has 1 unspecified atom stereocenters. The van der Waals surface area contributed by atoms with E-state index in [1.165, 1.54) is 0 Å². The average Bonchev–Trinajstić information content (AvgIpc) is 2.38. The zero-order valence-electron chi connectivity index (χ0n) is 9.30. The second-order valence-corrected chi connectivity index (χ2v) is 3.90. The Balaban J connectivity index is 2.32. The molecule has 2 aromatic rings. The topological polar surface area (TPSA) is 72.7 Å². The molecule has 0 bridgehead atoms. The van der Waals surface area contributed by atoms with E-state index in [9.17, 15) is 10.2 Å². The van der Waals surface area contributed by atoms with Gasteiger partial charge in [-0.2, -0.15) is 0 Å². The average molecular weight is 233 g/mol. The maximum Gasteiger partial charge on any atom is 0.123 e. The van der Waals surface area contributed by atoms with E-state index in [4.69, 9.17) is 5.11 Å². The second-order valence-electron chi connectivity index (χ2n) is 3.90. The van der Waals surface area contributed by atoms with Gasteiger partial charge in [-0.1, -0.05) is 24.3 Å². The van der Waals surface area contributed by atoms with Crippen LogP contribution in [0.15, 0.2) is 36.4 Å². The quantitative estimate of drug-likeness (QED) is 0.601. The van der Waals surface area contributed by atoms with Crippen molar-refractivity contribution in [3.8, 4) is 5.75 Å². The molecule has 1 atom stereocenters. The van der Waals surface area contributed by atoms with Gasteiger partial charge in [0.2, 0.25) is 0 Å². The molecule has 0 amide bonds. The maximum atomic E-state index is 9.70. The Morgan fingerprint density at radius 1 is 1.06 bits per heavy atom. The summed E-state index contributed by atoms with van der Waals surface area (Å²) in [4.78, 5) is 0. The number of benzene rings is 2. The molecule has 0 saturated carbocycles. The summed E-state index contributed by atoms with van der Waals surface area (Å²) in [5, 5.41) is 32.4. The van der Waals surface area contributed by atoms with Crippen molar-refractivity contribution in [3.63, 3.8) is 0 Å². The lowest BCUT2D eigenvalue weighted by Crippen LogP contribution is -2.22. The molecule has 0 aliphatic heterocycles. The van der Waals surface area contributed by atoms with Crippen molar-refractivity contribution in [3.05, 3.63) is 36.4 Å². The molecule has 2 aromatic carbocycles. The Kier molecular flexibility index (Phi) is 3.46. The summed E-state index contributed by atoms with van der Waals surface area (Å²) in [7, 11) is 0. The maximum absolute atomic E-state index is 9.70. The number of rotatable bonds is 4. The Bertz CT molecular complexity index is 513. The summed E-state index contributed by atoms with van der Waals surface area (Å²) in [5.74, 6) is 0.230. The van der Waals surface area contributed by atoms with E-state index in [-0.39, 0.29) is 18.9 Å². The molecule has 4 N–H and O–H groups in total. The third-order valence-electron chi connectivity index (χ3n) is 2.64. The summed E-state index contributed by atoms with van der Waals surface area (Å²) < 4.78 is 0. The number of anilines is 1. The van der Waals surface area contributed by atoms with Gasteiger partial charge in [-0.05, 0) is 12.1 Å². The minimum Gasteiger partial charge on any atom is -0.507 e. The molecule has 0 saturated heterocycles. The molecule has 0 spiro atoms. The number of aliphatic hydroxyl groups excluding tert-OH is 2. The summed E-state index contributed by atoms with van der Waals surface area (Å²) in [6, 6.07) is 10.8. The van der Waals surface area contributed by atoms with Crippen LogP contribution in [0, 0.1) is 0 Å². The third-order valence-corrected chi connectivity index (χ3v) is 2.64. The van der Waals surface area contributed by atoms with E-state index < -0.39 is 6.10 Å². The fraction of sp³-hybridized carbons (Fsp3) is 0.231. The van der Waals surface area contributed by atoms with Gasteiger partial charge in [0.05, 0.1) is 12.7 Å². The fourth-order valence-electron chi connectivity index (χ4n) is 1.73. The predicted octanol–water partition coefficient (Wildman–Crippen LogP) is 1.31. The zero-order chi connectivity index (χ0) is 12.3. The molecule has 4 nitrogen and oxygen atoms in total. The number of phenols is 1. The van der Waals surface area contributed by atoms with E-state index in [2.05, 4.69) is 5.32 Å². The monoisotopic (exact) mass is 233 g/mol. The van der Waals surface area contributed by atoms with Crippen LogP contribution in [0.5, 0.6) is 5.75 Å². The summed E-state index contributed by atoms with van der Waals surface area (Å²) in [6.45, 7) is -0.00567. The van der Waals surface area contributed by atoms with Crippen LogP contribution in [-0.4, -0.2) is 34.6 Å². The number of hydrogen-bond donors (Lipinski definition) is 4. The van der Waals surface area contributed by atoms with Gasteiger partial charge >= 0.3 is 0 Å². The first kappa shape index (κ1) is 11.7. The minimum absolute atomic E-state index is 0.230. The lowest BCUT2D eigenvalue weighted by Gasteiger charge is -2.13. The van der Waals surface area contributed by atoms with Crippen molar-refractivity contribution in [1.82, 2.24) is 0 Å². The number of aromatic hydroxyl groups is 1. The molecule has 0 aromatic heterocycles. The number of aliphatic hydroxyl groups is 2. The van der Waals surface area contributed by atoms with Crippen LogP contribution in [0.25, 0.3) is 10.8 Å². The van der Waals surface area contributed by atoms with Gasteiger partial charge in [-0.15, -0.1) is 0 Å². The van der Waals surface area contributed by atoms with Crippen molar-refractivity contribution >= 4 is 16.5 Å².